The van der Waals surface area contributed by atoms with E-state index in [0.717, 1.165) is 4.90 Å². The molecule has 0 unspecified atom stereocenters. The molecule has 22 heavy (non-hydrogen) atoms. The molecule has 0 heterocycles. The molecule has 0 bridgehead atoms. The predicted octanol–water partition coefficient (Wildman–Crippen LogP) is 3.03. The fraction of sp³-hybridized carbons (Fsp3) is 0.0625. The van der Waals surface area contributed by atoms with Crippen LogP contribution in [-0.2, 0) is 11.2 Å². The van der Waals surface area contributed by atoms with Crippen LogP contribution in [0.2, 0.25) is 0 Å². The maximum Gasteiger partial charge on any atom is 0.335 e. The van der Waals surface area contributed by atoms with Gasteiger partial charge in [-0.25, -0.2) is 4.79 Å². The monoisotopic (exact) mass is 313 g/mol. The molecule has 0 atom stereocenters. The van der Waals surface area contributed by atoms with Gasteiger partial charge in [0.05, 0.1) is 17.5 Å². The van der Waals surface area contributed by atoms with Gasteiger partial charge in [0, 0.05) is 9.79 Å². The van der Waals surface area contributed by atoms with Crippen molar-refractivity contribution >= 4 is 23.7 Å². The smallest absolute Gasteiger partial charge is 0.335 e. The number of nitriles is 1. The Morgan fingerprint density at radius 1 is 1.09 bits per heavy atom. The van der Waals surface area contributed by atoms with Crippen LogP contribution in [0, 0.1) is 11.3 Å². The zero-order valence-electron chi connectivity index (χ0n) is 11.3. The van der Waals surface area contributed by atoms with E-state index in [1.807, 2.05) is 6.07 Å². The zero-order chi connectivity index (χ0) is 16.1. The SMILES string of the molecule is N#Cc1cc(C(=O)O)ccc1Sc1ccc(CC(=O)O)cc1. The lowest BCUT2D eigenvalue weighted by atomic mass is 10.1. The number of carboxylic acid groups (broad SMARTS) is 2. The molecule has 0 aromatic heterocycles. The summed E-state index contributed by atoms with van der Waals surface area (Å²) >= 11 is 1.32. The number of carboxylic acids is 2. The predicted molar refractivity (Wildman–Crippen MR) is 80.0 cm³/mol. The van der Waals surface area contributed by atoms with Crippen LogP contribution < -0.4 is 0 Å². The van der Waals surface area contributed by atoms with E-state index in [4.69, 9.17) is 15.5 Å². The second-order valence-electron chi connectivity index (χ2n) is 4.44. The number of nitrogens with zero attached hydrogens (tertiary/aromatic N) is 1. The van der Waals surface area contributed by atoms with Gasteiger partial charge in [0.2, 0.25) is 0 Å². The molecule has 2 rings (SSSR count). The molecule has 0 radical (unpaired) electrons. The van der Waals surface area contributed by atoms with Crippen LogP contribution in [0.3, 0.4) is 0 Å². The van der Waals surface area contributed by atoms with Crippen LogP contribution in [0.15, 0.2) is 52.3 Å². The molecule has 0 saturated heterocycles. The number of hydrogen-bond acceptors (Lipinski definition) is 4. The van der Waals surface area contributed by atoms with Crippen molar-refractivity contribution in [2.75, 3.05) is 0 Å². The highest BCUT2D eigenvalue weighted by atomic mass is 32.2. The van der Waals surface area contributed by atoms with E-state index in [1.165, 1.54) is 23.9 Å². The summed E-state index contributed by atoms with van der Waals surface area (Å²) in [5.74, 6) is -1.97. The van der Waals surface area contributed by atoms with E-state index in [2.05, 4.69) is 0 Å². The summed E-state index contributed by atoms with van der Waals surface area (Å²) in [5.41, 5.74) is 1.05. The van der Waals surface area contributed by atoms with E-state index < -0.39 is 11.9 Å². The van der Waals surface area contributed by atoms with Gasteiger partial charge in [-0.3, -0.25) is 4.79 Å². The largest absolute Gasteiger partial charge is 0.481 e. The van der Waals surface area contributed by atoms with Crippen LogP contribution in [-0.4, -0.2) is 22.2 Å². The average molecular weight is 313 g/mol. The minimum Gasteiger partial charge on any atom is -0.481 e. The number of aliphatic carboxylic acids is 1. The maximum atomic E-state index is 10.9. The Kier molecular flexibility index (Phi) is 4.81. The summed E-state index contributed by atoms with van der Waals surface area (Å²) < 4.78 is 0. The summed E-state index contributed by atoms with van der Waals surface area (Å²) in [7, 11) is 0. The summed E-state index contributed by atoms with van der Waals surface area (Å²) in [6.07, 6.45) is -0.0400. The fourth-order valence-electron chi connectivity index (χ4n) is 1.82. The van der Waals surface area contributed by atoms with Gasteiger partial charge in [0.15, 0.2) is 0 Å². The Morgan fingerprint density at radius 2 is 1.77 bits per heavy atom. The first-order valence-electron chi connectivity index (χ1n) is 6.25. The maximum absolute atomic E-state index is 10.9. The number of rotatable bonds is 5. The first-order chi connectivity index (χ1) is 10.5. The Balaban J connectivity index is 2.22. The first-order valence-corrected chi connectivity index (χ1v) is 7.07. The Labute approximate surface area is 130 Å². The minimum atomic E-state index is -1.08. The molecule has 5 nitrogen and oxygen atoms in total. The minimum absolute atomic E-state index is 0.0400. The van der Waals surface area contributed by atoms with Crippen molar-refractivity contribution in [2.24, 2.45) is 0 Å². The van der Waals surface area contributed by atoms with Crippen LogP contribution in [0.5, 0.6) is 0 Å². The van der Waals surface area contributed by atoms with Gasteiger partial charge in [-0.2, -0.15) is 5.26 Å². The van der Waals surface area contributed by atoms with Crippen LogP contribution in [0.25, 0.3) is 0 Å². The highest BCUT2D eigenvalue weighted by Gasteiger charge is 2.10. The van der Waals surface area contributed by atoms with Crippen LogP contribution in [0.1, 0.15) is 21.5 Å². The Bertz CT molecular complexity index is 763. The van der Waals surface area contributed by atoms with Crippen molar-refractivity contribution in [2.45, 2.75) is 16.2 Å². The molecule has 0 aliphatic carbocycles. The van der Waals surface area contributed by atoms with Gasteiger partial charge in [-0.1, -0.05) is 23.9 Å². The van der Waals surface area contributed by atoms with E-state index in [-0.39, 0.29) is 12.0 Å². The lowest BCUT2D eigenvalue weighted by Gasteiger charge is -2.06. The Morgan fingerprint density at radius 3 is 2.32 bits per heavy atom. The van der Waals surface area contributed by atoms with Crippen LogP contribution >= 0.6 is 11.8 Å². The van der Waals surface area contributed by atoms with Gasteiger partial charge in [-0.15, -0.1) is 0 Å². The number of hydrogen-bond donors (Lipinski definition) is 2. The van der Waals surface area contributed by atoms with Crippen LogP contribution in [0.4, 0.5) is 0 Å². The molecule has 2 aromatic rings. The molecular weight excluding hydrogens is 302 g/mol. The zero-order valence-corrected chi connectivity index (χ0v) is 12.1. The third-order valence-electron chi connectivity index (χ3n) is 2.85. The van der Waals surface area contributed by atoms with E-state index in [0.29, 0.717) is 16.0 Å². The fourth-order valence-corrected chi connectivity index (χ4v) is 2.69. The van der Waals surface area contributed by atoms with Crippen molar-refractivity contribution in [3.63, 3.8) is 0 Å². The second kappa shape index (κ2) is 6.78. The molecule has 2 N–H and O–H groups in total. The van der Waals surface area contributed by atoms with Gasteiger partial charge < -0.3 is 10.2 Å². The van der Waals surface area contributed by atoms with E-state index in [9.17, 15) is 9.59 Å². The summed E-state index contributed by atoms with van der Waals surface area (Å²) in [6.45, 7) is 0. The van der Waals surface area contributed by atoms with E-state index >= 15 is 0 Å². The topological polar surface area (TPSA) is 98.4 Å². The molecule has 2 aromatic carbocycles. The molecule has 0 aliphatic heterocycles. The van der Waals surface area contributed by atoms with E-state index in [1.54, 1.807) is 30.3 Å². The van der Waals surface area contributed by atoms with Crippen molar-refractivity contribution in [1.82, 2.24) is 0 Å². The van der Waals surface area contributed by atoms with Crippen molar-refractivity contribution in [3.05, 3.63) is 59.2 Å². The highest BCUT2D eigenvalue weighted by molar-refractivity contribution is 7.99. The normalized spacial score (nSPS) is 9.95. The standard InChI is InChI=1S/C16H11NO4S/c17-9-12-8-11(16(20)21)3-6-14(12)22-13-4-1-10(2-5-13)7-15(18)19/h1-6,8H,7H2,(H,18,19)(H,20,21). The third kappa shape index (κ3) is 3.87. The number of aromatic carboxylic acids is 1. The lowest BCUT2D eigenvalue weighted by molar-refractivity contribution is -0.136. The molecule has 0 amide bonds. The molecule has 6 heteroatoms. The highest BCUT2D eigenvalue weighted by Crippen LogP contribution is 2.31. The molecular formula is C16H11NO4S. The molecule has 0 saturated carbocycles. The summed E-state index contributed by atoms with van der Waals surface area (Å²) in [4.78, 5) is 23.0. The number of benzene rings is 2. The van der Waals surface area contributed by atoms with Crippen molar-refractivity contribution < 1.29 is 19.8 Å². The van der Waals surface area contributed by atoms with Gasteiger partial charge in [0.25, 0.3) is 0 Å². The molecule has 0 fully saturated rings. The Hall–Kier alpha value is -2.78. The summed E-state index contributed by atoms with van der Waals surface area (Å²) in [5, 5.41) is 26.8. The third-order valence-corrected chi connectivity index (χ3v) is 3.94. The average Bonchev–Trinajstić information content (AvgIpc) is 2.49. The second-order valence-corrected chi connectivity index (χ2v) is 5.56. The van der Waals surface area contributed by atoms with Crippen molar-refractivity contribution in [1.29, 1.82) is 5.26 Å². The molecule has 110 valence electrons. The number of carbonyl (C=O) groups is 2. The summed E-state index contributed by atoms with van der Waals surface area (Å²) in [6, 6.07) is 13.3. The van der Waals surface area contributed by atoms with Gasteiger partial charge in [0.1, 0.15) is 6.07 Å². The molecule has 0 aliphatic rings. The van der Waals surface area contributed by atoms with Crippen molar-refractivity contribution in [3.8, 4) is 6.07 Å². The van der Waals surface area contributed by atoms with Gasteiger partial charge >= 0.3 is 11.9 Å². The first kappa shape index (κ1) is 15.6. The van der Waals surface area contributed by atoms with Gasteiger partial charge in [-0.05, 0) is 35.9 Å². The lowest BCUT2D eigenvalue weighted by Crippen LogP contribution is -1.99. The quantitative estimate of drug-likeness (QED) is 0.880. The molecule has 0 spiro atoms.